The molecule has 2 amide bonds. The number of aromatic nitrogens is 2. The Hall–Kier alpha value is -5.49. The van der Waals surface area contributed by atoms with E-state index in [1.807, 2.05) is 18.2 Å². The number of benzene rings is 3. The Balaban J connectivity index is 1.38. The molecular formula is C33H27N3O6. The molecule has 4 aromatic rings. The van der Waals surface area contributed by atoms with E-state index in [2.05, 4.69) is 16.9 Å². The molecule has 0 saturated carbocycles. The zero-order valence-corrected chi connectivity index (χ0v) is 23.1. The molecule has 9 nitrogen and oxygen atoms in total. The van der Waals surface area contributed by atoms with E-state index in [1.165, 1.54) is 23.8 Å². The number of imide groups is 1. The number of carbonyl (C=O) groups excluding carboxylic acids is 4. The van der Waals surface area contributed by atoms with Gasteiger partial charge in [-0.25, -0.2) is 14.3 Å². The number of ether oxygens (including phenoxy) is 2. The Morgan fingerprint density at radius 2 is 1.36 bits per heavy atom. The van der Waals surface area contributed by atoms with Crippen LogP contribution in [0.3, 0.4) is 0 Å². The number of rotatable bonds is 8. The monoisotopic (exact) mass is 561 g/mol. The van der Waals surface area contributed by atoms with Crippen LogP contribution in [-0.2, 0) is 9.47 Å². The summed E-state index contributed by atoms with van der Waals surface area (Å²) < 4.78 is 11.4. The number of hydrogen-bond acceptors (Lipinski definition) is 7. The summed E-state index contributed by atoms with van der Waals surface area (Å²) in [7, 11) is 2.47. The maximum absolute atomic E-state index is 13.0. The van der Waals surface area contributed by atoms with E-state index in [0.717, 1.165) is 0 Å². The zero-order chi connectivity index (χ0) is 29.6. The molecule has 0 atom stereocenters. The molecule has 1 aromatic heterocycles. The van der Waals surface area contributed by atoms with Crippen molar-refractivity contribution in [3.05, 3.63) is 107 Å². The van der Waals surface area contributed by atoms with Gasteiger partial charge in [-0.05, 0) is 43.2 Å². The van der Waals surface area contributed by atoms with Crippen LogP contribution >= 0.6 is 0 Å². The Morgan fingerprint density at radius 1 is 0.762 bits per heavy atom. The zero-order valence-electron chi connectivity index (χ0n) is 23.1. The van der Waals surface area contributed by atoms with E-state index in [-0.39, 0.29) is 28.8 Å². The Morgan fingerprint density at radius 3 is 2.00 bits per heavy atom. The van der Waals surface area contributed by atoms with Gasteiger partial charge in [0, 0.05) is 24.1 Å². The first-order chi connectivity index (χ1) is 20.5. The lowest BCUT2D eigenvalue weighted by Gasteiger charge is -2.12. The number of hydrogen-bond donors (Lipinski definition) is 0. The SMILES string of the molecule is COC(=O)c1c(-c2ccccc2C#CCCCCN2C(=O)c3ccccc3C2=O)nn(-c2ccccc2)c1C(=O)OC. The number of carbonyl (C=O) groups is 4. The topological polar surface area (TPSA) is 108 Å². The molecule has 1 aliphatic heterocycles. The maximum Gasteiger partial charge on any atom is 0.357 e. The second-order valence-corrected chi connectivity index (χ2v) is 9.41. The second kappa shape index (κ2) is 12.4. The summed E-state index contributed by atoms with van der Waals surface area (Å²) in [6.07, 6.45) is 1.80. The number of fused-ring (bicyclic) bond motifs is 1. The highest BCUT2D eigenvalue weighted by Crippen LogP contribution is 2.31. The summed E-state index contributed by atoms with van der Waals surface area (Å²) in [6.45, 7) is 0.320. The number of unbranched alkanes of at least 4 members (excludes halogenated alkanes) is 2. The Labute approximate surface area is 242 Å². The van der Waals surface area contributed by atoms with Crippen molar-refractivity contribution in [1.82, 2.24) is 14.7 Å². The predicted molar refractivity (Wildman–Crippen MR) is 154 cm³/mol. The minimum atomic E-state index is -0.736. The number of para-hydroxylation sites is 1. The third kappa shape index (κ3) is 5.30. The normalized spacial score (nSPS) is 12.0. The van der Waals surface area contributed by atoms with Gasteiger partial charge < -0.3 is 9.47 Å². The molecule has 0 radical (unpaired) electrons. The summed E-state index contributed by atoms with van der Waals surface area (Å²) in [5.41, 5.74) is 2.77. The van der Waals surface area contributed by atoms with Crippen molar-refractivity contribution in [1.29, 1.82) is 0 Å². The van der Waals surface area contributed by atoms with Gasteiger partial charge in [-0.15, -0.1) is 0 Å². The predicted octanol–water partition coefficient (Wildman–Crippen LogP) is 4.93. The van der Waals surface area contributed by atoms with Gasteiger partial charge in [-0.2, -0.15) is 5.10 Å². The lowest BCUT2D eigenvalue weighted by molar-refractivity contribution is 0.0549. The van der Waals surface area contributed by atoms with Crippen LogP contribution in [-0.4, -0.2) is 59.2 Å². The number of esters is 2. The fourth-order valence-corrected chi connectivity index (χ4v) is 4.83. The lowest BCUT2D eigenvalue weighted by atomic mass is 10.00. The van der Waals surface area contributed by atoms with E-state index >= 15 is 0 Å². The second-order valence-electron chi connectivity index (χ2n) is 9.41. The summed E-state index contributed by atoms with van der Waals surface area (Å²) in [5, 5.41) is 4.66. The van der Waals surface area contributed by atoms with Crippen molar-refractivity contribution >= 4 is 23.8 Å². The molecule has 0 bridgehead atoms. The van der Waals surface area contributed by atoms with Gasteiger partial charge in [0.15, 0.2) is 5.69 Å². The average molecular weight is 562 g/mol. The molecule has 210 valence electrons. The molecule has 42 heavy (non-hydrogen) atoms. The largest absolute Gasteiger partial charge is 0.465 e. The van der Waals surface area contributed by atoms with E-state index in [9.17, 15) is 19.2 Å². The highest BCUT2D eigenvalue weighted by atomic mass is 16.5. The number of amides is 2. The van der Waals surface area contributed by atoms with Gasteiger partial charge in [0.2, 0.25) is 0 Å². The first-order valence-corrected chi connectivity index (χ1v) is 13.3. The van der Waals surface area contributed by atoms with Crippen LogP contribution in [0.15, 0.2) is 78.9 Å². The molecule has 0 unspecified atom stereocenters. The molecule has 0 aliphatic carbocycles. The highest BCUT2D eigenvalue weighted by Gasteiger charge is 2.34. The van der Waals surface area contributed by atoms with E-state index < -0.39 is 11.9 Å². The van der Waals surface area contributed by atoms with Gasteiger partial charge in [-0.3, -0.25) is 14.5 Å². The molecule has 1 aliphatic rings. The fraction of sp³-hybridized carbons (Fsp3) is 0.182. The lowest BCUT2D eigenvalue weighted by Crippen LogP contribution is -2.30. The molecular weight excluding hydrogens is 534 g/mol. The standard InChI is InChI=1S/C33H27N3O6/c1-41-32(39)27-28(34-36(29(27)33(40)42-2)23-16-7-5-8-17-23)24-18-10-9-15-22(24)14-6-3-4-13-21-35-30(37)25-19-11-12-20-26(25)31(35)38/h5,7-12,15-20H,3-4,13,21H2,1-2H3. The molecule has 0 spiro atoms. The van der Waals surface area contributed by atoms with Crippen molar-refractivity contribution in [3.63, 3.8) is 0 Å². The Bertz CT molecular complexity index is 1710. The van der Waals surface area contributed by atoms with Crippen LogP contribution in [0.2, 0.25) is 0 Å². The minimum Gasteiger partial charge on any atom is -0.465 e. The fourth-order valence-electron chi connectivity index (χ4n) is 4.83. The third-order valence-corrected chi connectivity index (χ3v) is 6.87. The van der Waals surface area contributed by atoms with Crippen LogP contribution in [0, 0.1) is 11.8 Å². The first-order valence-electron chi connectivity index (χ1n) is 13.3. The van der Waals surface area contributed by atoms with Crippen molar-refractivity contribution in [2.24, 2.45) is 0 Å². The quantitative estimate of drug-likeness (QED) is 0.130. The number of methoxy groups -OCH3 is 2. The Kier molecular flexibility index (Phi) is 8.25. The number of nitrogens with zero attached hydrogens (tertiary/aromatic N) is 3. The average Bonchev–Trinajstić information content (AvgIpc) is 3.54. The maximum atomic E-state index is 13.0. The highest BCUT2D eigenvalue weighted by molar-refractivity contribution is 6.21. The van der Waals surface area contributed by atoms with E-state index in [4.69, 9.17) is 9.47 Å². The summed E-state index contributed by atoms with van der Waals surface area (Å²) in [5.74, 6) is 4.30. The van der Waals surface area contributed by atoms with Gasteiger partial charge >= 0.3 is 11.9 Å². The third-order valence-electron chi connectivity index (χ3n) is 6.87. The van der Waals surface area contributed by atoms with Crippen molar-refractivity contribution in [2.75, 3.05) is 20.8 Å². The first kappa shape index (κ1) is 28.1. The van der Waals surface area contributed by atoms with Crippen LogP contribution in [0.5, 0.6) is 0 Å². The molecule has 3 aromatic carbocycles. The molecule has 2 heterocycles. The summed E-state index contributed by atoms with van der Waals surface area (Å²) in [6, 6.07) is 23.0. The van der Waals surface area contributed by atoms with Gasteiger partial charge in [0.1, 0.15) is 11.3 Å². The van der Waals surface area contributed by atoms with E-state index in [0.29, 0.717) is 53.7 Å². The van der Waals surface area contributed by atoms with Crippen LogP contribution in [0.1, 0.15) is 66.4 Å². The molecule has 0 saturated heterocycles. The van der Waals surface area contributed by atoms with Crippen LogP contribution in [0.4, 0.5) is 0 Å². The van der Waals surface area contributed by atoms with Crippen LogP contribution < -0.4 is 0 Å². The molecule has 0 N–H and O–H groups in total. The van der Waals surface area contributed by atoms with Crippen molar-refractivity contribution in [2.45, 2.75) is 19.3 Å². The van der Waals surface area contributed by atoms with E-state index in [1.54, 1.807) is 60.7 Å². The van der Waals surface area contributed by atoms with Crippen molar-refractivity contribution < 1.29 is 28.7 Å². The molecule has 9 heteroatoms. The van der Waals surface area contributed by atoms with Gasteiger partial charge in [-0.1, -0.05) is 60.4 Å². The minimum absolute atomic E-state index is 0.0246. The molecule has 5 rings (SSSR count). The smallest absolute Gasteiger partial charge is 0.357 e. The van der Waals surface area contributed by atoms with Crippen LogP contribution in [0.25, 0.3) is 16.9 Å². The van der Waals surface area contributed by atoms with Gasteiger partial charge in [0.05, 0.1) is 31.0 Å². The van der Waals surface area contributed by atoms with Gasteiger partial charge in [0.25, 0.3) is 11.8 Å². The molecule has 0 fully saturated rings. The summed E-state index contributed by atoms with van der Waals surface area (Å²) >= 11 is 0. The summed E-state index contributed by atoms with van der Waals surface area (Å²) in [4.78, 5) is 52.3. The van der Waals surface area contributed by atoms with Crippen molar-refractivity contribution in [3.8, 4) is 28.8 Å².